The lowest BCUT2D eigenvalue weighted by Crippen LogP contribution is -2.40. The molecule has 0 bridgehead atoms. The summed E-state index contributed by atoms with van der Waals surface area (Å²) in [5.74, 6) is -0.212. The second-order valence-electron chi connectivity index (χ2n) is 5.62. The van der Waals surface area contributed by atoms with Gasteiger partial charge in [-0.2, -0.15) is 18.3 Å². The highest BCUT2D eigenvalue weighted by Crippen LogP contribution is 2.30. The highest BCUT2D eigenvalue weighted by Gasteiger charge is 2.35. The first-order valence-corrected chi connectivity index (χ1v) is 7.77. The van der Waals surface area contributed by atoms with E-state index in [-0.39, 0.29) is 36.5 Å². The summed E-state index contributed by atoms with van der Waals surface area (Å²) in [6.07, 6.45) is -3.35. The number of morpholine rings is 1. The van der Waals surface area contributed by atoms with Gasteiger partial charge in [0.1, 0.15) is 5.69 Å². The van der Waals surface area contributed by atoms with Crippen molar-refractivity contribution in [3.05, 3.63) is 42.2 Å². The van der Waals surface area contributed by atoms with Crippen molar-refractivity contribution < 1.29 is 22.7 Å². The molecule has 1 aliphatic rings. The van der Waals surface area contributed by atoms with Crippen LogP contribution in [0.2, 0.25) is 0 Å². The highest BCUT2D eigenvalue weighted by molar-refractivity contribution is 5.91. The van der Waals surface area contributed by atoms with E-state index in [9.17, 15) is 18.0 Å². The minimum absolute atomic E-state index is 0. The molecule has 3 rings (SSSR count). The molecule has 1 amide bonds. The van der Waals surface area contributed by atoms with Crippen LogP contribution in [0.1, 0.15) is 12.1 Å². The number of benzene rings is 1. The van der Waals surface area contributed by atoms with Crippen LogP contribution < -0.4 is 10.6 Å². The first-order valence-electron chi connectivity index (χ1n) is 7.77. The average Bonchev–Trinajstić information content (AvgIpc) is 3.06. The monoisotopic (exact) mass is 390 g/mol. The second-order valence-corrected chi connectivity index (χ2v) is 5.62. The topological polar surface area (TPSA) is 68.2 Å². The SMILES string of the molecule is Cl.O=C(CC1CNCCO1)Nc1ccc(-n2nccc2C(F)(F)F)cc1. The summed E-state index contributed by atoms with van der Waals surface area (Å²) in [5, 5.41) is 9.55. The number of ether oxygens (including phenoxy) is 1. The third-order valence-corrected chi connectivity index (χ3v) is 3.75. The Balaban J connectivity index is 0.00000243. The van der Waals surface area contributed by atoms with Gasteiger partial charge in [-0.1, -0.05) is 0 Å². The summed E-state index contributed by atoms with van der Waals surface area (Å²) < 4.78 is 45.0. The van der Waals surface area contributed by atoms with Crippen molar-refractivity contribution in [2.24, 2.45) is 0 Å². The molecule has 2 heterocycles. The van der Waals surface area contributed by atoms with E-state index in [4.69, 9.17) is 4.74 Å². The molecular weight excluding hydrogens is 373 g/mol. The number of alkyl halides is 3. The van der Waals surface area contributed by atoms with Gasteiger partial charge in [0, 0.05) is 18.8 Å². The van der Waals surface area contributed by atoms with Gasteiger partial charge in [0.15, 0.2) is 0 Å². The zero-order chi connectivity index (χ0) is 17.9. The van der Waals surface area contributed by atoms with E-state index in [1.807, 2.05) is 0 Å². The third-order valence-electron chi connectivity index (χ3n) is 3.75. The Kier molecular flexibility index (Phi) is 6.63. The number of amides is 1. The van der Waals surface area contributed by atoms with Crippen molar-refractivity contribution in [1.82, 2.24) is 15.1 Å². The number of aromatic nitrogens is 2. The molecule has 0 radical (unpaired) electrons. The quantitative estimate of drug-likeness (QED) is 0.842. The van der Waals surface area contributed by atoms with Crippen LogP contribution in [0.15, 0.2) is 36.5 Å². The molecule has 2 N–H and O–H groups in total. The van der Waals surface area contributed by atoms with E-state index < -0.39 is 11.9 Å². The number of nitrogens with zero attached hydrogens (tertiary/aromatic N) is 2. The van der Waals surface area contributed by atoms with Gasteiger partial charge in [-0.25, -0.2) is 4.68 Å². The zero-order valence-electron chi connectivity index (χ0n) is 13.6. The Bertz CT molecular complexity index is 728. The van der Waals surface area contributed by atoms with Gasteiger partial charge in [0.25, 0.3) is 0 Å². The maximum absolute atomic E-state index is 12.9. The normalized spacial score (nSPS) is 17.4. The molecule has 10 heteroatoms. The lowest BCUT2D eigenvalue weighted by Gasteiger charge is -2.23. The van der Waals surface area contributed by atoms with Gasteiger partial charge in [0.2, 0.25) is 5.91 Å². The first kappa shape index (κ1) is 20.2. The maximum atomic E-state index is 12.9. The Morgan fingerprint density at radius 2 is 2.04 bits per heavy atom. The van der Waals surface area contributed by atoms with Crippen molar-refractivity contribution in [2.45, 2.75) is 18.7 Å². The zero-order valence-corrected chi connectivity index (χ0v) is 14.4. The van der Waals surface area contributed by atoms with E-state index in [2.05, 4.69) is 15.7 Å². The predicted molar refractivity (Wildman–Crippen MR) is 91.7 cm³/mol. The van der Waals surface area contributed by atoms with E-state index in [0.717, 1.165) is 23.5 Å². The fourth-order valence-corrected chi connectivity index (χ4v) is 2.58. The Hall–Kier alpha value is -2.10. The standard InChI is InChI=1S/C16H17F3N4O2.ClH/c17-16(18,19)14-5-6-21-23(14)12-3-1-11(2-4-12)22-15(24)9-13-10-20-7-8-25-13;/h1-6,13,20H,7-10H2,(H,22,24);1H. The van der Waals surface area contributed by atoms with Crippen LogP contribution in [0.5, 0.6) is 0 Å². The van der Waals surface area contributed by atoms with Gasteiger partial charge >= 0.3 is 6.18 Å². The third kappa shape index (κ3) is 4.96. The number of nitrogens with one attached hydrogen (secondary N) is 2. The van der Waals surface area contributed by atoms with Crippen molar-refractivity contribution in [3.8, 4) is 5.69 Å². The molecule has 0 saturated carbocycles. The van der Waals surface area contributed by atoms with E-state index >= 15 is 0 Å². The maximum Gasteiger partial charge on any atom is 0.433 e. The fourth-order valence-electron chi connectivity index (χ4n) is 2.58. The van der Waals surface area contributed by atoms with Crippen LogP contribution in [0.25, 0.3) is 5.69 Å². The number of carbonyl (C=O) groups is 1. The molecule has 1 aromatic carbocycles. The van der Waals surface area contributed by atoms with Crippen molar-refractivity contribution >= 4 is 24.0 Å². The van der Waals surface area contributed by atoms with Crippen LogP contribution in [0.4, 0.5) is 18.9 Å². The summed E-state index contributed by atoms with van der Waals surface area (Å²) >= 11 is 0. The number of hydrogen-bond donors (Lipinski definition) is 2. The molecule has 1 unspecified atom stereocenters. The molecule has 142 valence electrons. The summed E-state index contributed by atoms with van der Waals surface area (Å²) in [7, 11) is 0. The highest BCUT2D eigenvalue weighted by atomic mass is 35.5. The number of hydrogen-bond acceptors (Lipinski definition) is 4. The summed E-state index contributed by atoms with van der Waals surface area (Å²) in [6.45, 7) is 1.96. The van der Waals surface area contributed by atoms with Crippen LogP contribution in [0, 0.1) is 0 Å². The molecule has 6 nitrogen and oxygen atoms in total. The van der Waals surface area contributed by atoms with Gasteiger partial charge < -0.3 is 15.4 Å². The van der Waals surface area contributed by atoms with E-state index in [1.165, 1.54) is 24.3 Å². The molecule has 1 fully saturated rings. The van der Waals surface area contributed by atoms with Crippen LogP contribution in [-0.2, 0) is 15.7 Å². The van der Waals surface area contributed by atoms with Crippen molar-refractivity contribution in [1.29, 1.82) is 0 Å². The largest absolute Gasteiger partial charge is 0.433 e. The Labute approximate surface area is 154 Å². The summed E-state index contributed by atoms with van der Waals surface area (Å²) in [4.78, 5) is 12.0. The van der Waals surface area contributed by atoms with E-state index in [1.54, 1.807) is 0 Å². The van der Waals surface area contributed by atoms with Gasteiger partial charge in [-0.3, -0.25) is 4.79 Å². The average molecular weight is 391 g/mol. The minimum Gasteiger partial charge on any atom is -0.375 e. The molecule has 26 heavy (non-hydrogen) atoms. The number of rotatable bonds is 4. The summed E-state index contributed by atoms with van der Waals surface area (Å²) in [5.41, 5.74) is -0.0976. The van der Waals surface area contributed by atoms with Crippen molar-refractivity contribution in [2.75, 3.05) is 25.0 Å². The molecule has 1 aliphatic heterocycles. The molecule has 1 atom stereocenters. The molecule has 0 aliphatic carbocycles. The molecule has 2 aromatic rings. The van der Waals surface area contributed by atoms with Crippen LogP contribution in [-0.4, -0.2) is 41.5 Å². The number of halogens is 4. The fraction of sp³-hybridized carbons (Fsp3) is 0.375. The summed E-state index contributed by atoms with van der Waals surface area (Å²) in [6, 6.07) is 6.92. The minimum atomic E-state index is -4.49. The predicted octanol–water partition coefficient (Wildman–Crippen LogP) is 2.63. The lowest BCUT2D eigenvalue weighted by atomic mass is 10.2. The Morgan fingerprint density at radius 3 is 2.65 bits per heavy atom. The first-order chi connectivity index (χ1) is 11.9. The number of carbonyl (C=O) groups excluding carboxylic acids is 1. The molecular formula is C16H18ClF3N4O2. The Morgan fingerprint density at radius 1 is 1.31 bits per heavy atom. The number of anilines is 1. The van der Waals surface area contributed by atoms with Gasteiger partial charge in [-0.05, 0) is 30.3 Å². The molecule has 0 spiro atoms. The van der Waals surface area contributed by atoms with E-state index in [0.29, 0.717) is 18.8 Å². The molecule has 1 saturated heterocycles. The lowest BCUT2D eigenvalue weighted by molar-refractivity contribution is -0.142. The van der Waals surface area contributed by atoms with Crippen LogP contribution >= 0.6 is 12.4 Å². The smallest absolute Gasteiger partial charge is 0.375 e. The van der Waals surface area contributed by atoms with Gasteiger partial charge in [0.05, 0.1) is 31.0 Å². The van der Waals surface area contributed by atoms with Gasteiger partial charge in [-0.15, -0.1) is 12.4 Å². The second kappa shape index (κ2) is 8.52. The van der Waals surface area contributed by atoms with Crippen molar-refractivity contribution in [3.63, 3.8) is 0 Å². The molecule has 1 aromatic heterocycles. The van der Waals surface area contributed by atoms with Crippen LogP contribution in [0.3, 0.4) is 0 Å².